The van der Waals surface area contributed by atoms with Gasteiger partial charge >= 0.3 is 0 Å². The Balaban J connectivity index is 2.52. The van der Waals surface area contributed by atoms with Gasteiger partial charge in [0.05, 0.1) is 18.2 Å². The molecule has 8 nitrogen and oxygen atoms in total. The molecule has 0 radical (unpaired) electrons. The number of carbonyl (C=O) groups is 2. The molecule has 2 rings (SSSR count). The van der Waals surface area contributed by atoms with Gasteiger partial charge in [-0.15, -0.1) is 0 Å². The van der Waals surface area contributed by atoms with E-state index in [1.165, 1.54) is 20.2 Å². The number of fused-ring (bicyclic) bond motifs is 1. The summed E-state index contributed by atoms with van der Waals surface area (Å²) in [5.41, 5.74) is 6.69. The maximum atomic E-state index is 12.2. The summed E-state index contributed by atoms with van der Waals surface area (Å²) in [5, 5.41) is 7.42. The first-order valence-corrected chi connectivity index (χ1v) is 6.33. The Morgan fingerprint density at radius 3 is 2.71 bits per heavy atom. The lowest BCUT2D eigenvalue weighted by atomic mass is 10.1. The fourth-order valence-corrected chi connectivity index (χ4v) is 2.10. The SMILES string of the molecule is COc1c(C(=O)N[C@@H](C)C(N)=O)cnc2c1c(C)nn2C. The second-order valence-electron chi connectivity index (χ2n) is 4.71. The third-order valence-electron chi connectivity index (χ3n) is 3.20. The highest BCUT2D eigenvalue weighted by Crippen LogP contribution is 2.30. The van der Waals surface area contributed by atoms with Crippen molar-refractivity contribution in [3.8, 4) is 5.75 Å². The molecule has 2 aromatic rings. The van der Waals surface area contributed by atoms with Crippen molar-refractivity contribution in [2.24, 2.45) is 12.8 Å². The summed E-state index contributed by atoms with van der Waals surface area (Å²) in [6, 6.07) is -0.784. The van der Waals surface area contributed by atoms with Gasteiger partial charge in [-0.25, -0.2) is 4.98 Å². The van der Waals surface area contributed by atoms with Gasteiger partial charge in [0.1, 0.15) is 17.4 Å². The lowest BCUT2D eigenvalue weighted by molar-refractivity contribution is -0.119. The van der Waals surface area contributed by atoms with Gasteiger partial charge < -0.3 is 15.8 Å². The van der Waals surface area contributed by atoms with Gasteiger partial charge in [-0.3, -0.25) is 14.3 Å². The summed E-state index contributed by atoms with van der Waals surface area (Å²) < 4.78 is 6.96. The molecule has 3 N–H and O–H groups in total. The standard InChI is InChI=1S/C13H17N5O3/c1-6-9-10(21-4)8(5-15-12(9)18(3)17-6)13(20)16-7(2)11(14)19/h5,7H,1-4H3,(H2,14,19)(H,16,20)/t7-/m0/s1. The van der Waals surface area contributed by atoms with Crippen molar-refractivity contribution < 1.29 is 14.3 Å². The lowest BCUT2D eigenvalue weighted by Crippen LogP contribution is -2.42. The van der Waals surface area contributed by atoms with E-state index in [2.05, 4.69) is 15.4 Å². The van der Waals surface area contributed by atoms with E-state index in [0.717, 1.165) is 0 Å². The number of nitrogens with zero attached hydrogens (tertiary/aromatic N) is 3. The van der Waals surface area contributed by atoms with Gasteiger partial charge in [0.2, 0.25) is 5.91 Å². The average molecular weight is 291 g/mol. The molecule has 2 amide bonds. The highest BCUT2D eigenvalue weighted by atomic mass is 16.5. The molecule has 0 aliphatic carbocycles. The van der Waals surface area contributed by atoms with Crippen LogP contribution < -0.4 is 15.8 Å². The largest absolute Gasteiger partial charge is 0.495 e. The number of hydrogen-bond acceptors (Lipinski definition) is 5. The van der Waals surface area contributed by atoms with Crippen LogP contribution in [0.5, 0.6) is 5.75 Å². The molecule has 0 bridgehead atoms. The van der Waals surface area contributed by atoms with Crippen LogP contribution >= 0.6 is 0 Å². The highest BCUT2D eigenvalue weighted by molar-refractivity contribution is 6.03. The third-order valence-corrected chi connectivity index (χ3v) is 3.20. The number of pyridine rings is 1. The molecule has 0 spiro atoms. The van der Waals surface area contributed by atoms with Crippen LogP contribution in [0.4, 0.5) is 0 Å². The van der Waals surface area contributed by atoms with E-state index in [4.69, 9.17) is 10.5 Å². The number of methoxy groups -OCH3 is 1. The Morgan fingerprint density at radius 2 is 2.14 bits per heavy atom. The van der Waals surface area contributed by atoms with E-state index in [0.29, 0.717) is 22.5 Å². The Kier molecular flexibility index (Phi) is 3.79. The van der Waals surface area contributed by atoms with Crippen LogP contribution in [0.2, 0.25) is 0 Å². The molecule has 0 aliphatic heterocycles. The van der Waals surface area contributed by atoms with Crippen molar-refractivity contribution in [2.45, 2.75) is 19.9 Å². The zero-order chi connectivity index (χ0) is 15.7. The Bertz CT molecular complexity index is 722. The molecule has 2 heterocycles. The molecule has 1 atom stereocenters. The van der Waals surface area contributed by atoms with Crippen LogP contribution in [0.3, 0.4) is 0 Å². The highest BCUT2D eigenvalue weighted by Gasteiger charge is 2.22. The van der Waals surface area contributed by atoms with Gasteiger partial charge in [-0.2, -0.15) is 5.10 Å². The summed E-state index contributed by atoms with van der Waals surface area (Å²) in [6.07, 6.45) is 1.39. The molecule has 0 saturated carbocycles. The zero-order valence-corrected chi connectivity index (χ0v) is 12.3. The van der Waals surface area contributed by atoms with Gasteiger partial charge in [-0.05, 0) is 13.8 Å². The molecule has 0 saturated heterocycles. The molecule has 8 heteroatoms. The average Bonchev–Trinajstić information content (AvgIpc) is 2.72. The second-order valence-corrected chi connectivity index (χ2v) is 4.71. The predicted octanol–water partition coefficient (Wildman–Crippen LogP) is -0.111. The van der Waals surface area contributed by atoms with Crippen LogP contribution in [0.25, 0.3) is 11.0 Å². The molecular weight excluding hydrogens is 274 g/mol. The lowest BCUT2D eigenvalue weighted by Gasteiger charge is -2.13. The van der Waals surface area contributed by atoms with Crippen molar-refractivity contribution in [3.63, 3.8) is 0 Å². The van der Waals surface area contributed by atoms with Crippen molar-refractivity contribution in [3.05, 3.63) is 17.5 Å². The fourth-order valence-electron chi connectivity index (χ4n) is 2.10. The first-order valence-electron chi connectivity index (χ1n) is 6.33. The number of ether oxygens (including phenoxy) is 1. The van der Waals surface area contributed by atoms with Crippen molar-refractivity contribution in [2.75, 3.05) is 7.11 Å². The van der Waals surface area contributed by atoms with Crippen LogP contribution in [0.1, 0.15) is 23.0 Å². The smallest absolute Gasteiger partial charge is 0.257 e. The third kappa shape index (κ3) is 2.51. The minimum Gasteiger partial charge on any atom is -0.495 e. The van der Waals surface area contributed by atoms with Crippen LogP contribution in [-0.2, 0) is 11.8 Å². The zero-order valence-electron chi connectivity index (χ0n) is 12.3. The first kappa shape index (κ1) is 14.8. The van der Waals surface area contributed by atoms with Crippen molar-refractivity contribution in [1.29, 1.82) is 0 Å². The number of nitrogens with one attached hydrogen (secondary N) is 1. The number of nitrogens with two attached hydrogens (primary N) is 1. The molecule has 2 aromatic heterocycles. The molecular formula is C13H17N5O3. The quantitative estimate of drug-likeness (QED) is 0.816. The van der Waals surface area contributed by atoms with E-state index in [9.17, 15) is 9.59 Å². The summed E-state index contributed by atoms with van der Waals surface area (Å²) in [4.78, 5) is 27.5. The molecule has 21 heavy (non-hydrogen) atoms. The number of amides is 2. The molecule has 0 aromatic carbocycles. The Labute approximate surface area is 121 Å². The summed E-state index contributed by atoms with van der Waals surface area (Å²) >= 11 is 0. The number of primary amides is 1. The van der Waals surface area contributed by atoms with Crippen molar-refractivity contribution >= 4 is 22.8 Å². The van der Waals surface area contributed by atoms with Gasteiger partial charge in [0.25, 0.3) is 5.91 Å². The minimum atomic E-state index is -0.784. The van der Waals surface area contributed by atoms with E-state index in [1.54, 1.807) is 18.7 Å². The maximum absolute atomic E-state index is 12.2. The maximum Gasteiger partial charge on any atom is 0.257 e. The Morgan fingerprint density at radius 1 is 1.48 bits per heavy atom. The van der Waals surface area contributed by atoms with Crippen LogP contribution in [-0.4, -0.2) is 39.7 Å². The predicted molar refractivity (Wildman–Crippen MR) is 75.9 cm³/mol. The van der Waals surface area contributed by atoms with Crippen LogP contribution in [0, 0.1) is 6.92 Å². The first-order chi connectivity index (χ1) is 9.86. The minimum absolute atomic E-state index is 0.231. The summed E-state index contributed by atoms with van der Waals surface area (Å²) in [6.45, 7) is 3.31. The van der Waals surface area contributed by atoms with E-state index >= 15 is 0 Å². The fraction of sp³-hybridized carbons (Fsp3) is 0.385. The number of carbonyl (C=O) groups excluding carboxylic acids is 2. The van der Waals surface area contributed by atoms with E-state index in [1.807, 2.05) is 0 Å². The van der Waals surface area contributed by atoms with Crippen molar-refractivity contribution in [1.82, 2.24) is 20.1 Å². The topological polar surface area (TPSA) is 112 Å². The molecule has 0 fully saturated rings. The van der Waals surface area contributed by atoms with Gasteiger partial charge in [0.15, 0.2) is 5.65 Å². The second kappa shape index (κ2) is 5.39. The molecule has 112 valence electrons. The van der Waals surface area contributed by atoms with Gasteiger partial charge in [-0.1, -0.05) is 0 Å². The van der Waals surface area contributed by atoms with E-state index in [-0.39, 0.29) is 5.56 Å². The normalized spacial score (nSPS) is 12.2. The van der Waals surface area contributed by atoms with E-state index < -0.39 is 17.9 Å². The number of rotatable bonds is 4. The number of aromatic nitrogens is 3. The Hall–Kier alpha value is -2.64. The van der Waals surface area contributed by atoms with Crippen LogP contribution in [0.15, 0.2) is 6.20 Å². The number of aryl methyl sites for hydroxylation is 2. The molecule has 0 aliphatic rings. The summed E-state index contributed by atoms with van der Waals surface area (Å²) in [7, 11) is 3.23. The van der Waals surface area contributed by atoms with Gasteiger partial charge in [0, 0.05) is 13.2 Å². The number of hydrogen-bond donors (Lipinski definition) is 2. The monoisotopic (exact) mass is 291 g/mol. The summed E-state index contributed by atoms with van der Waals surface area (Å²) in [5.74, 6) is -0.718. The molecule has 0 unspecified atom stereocenters.